The average Bonchev–Trinajstić information content (AvgIpc) is 3.09. The van der Waals surface area contributed by atoms with Gasteiger partial charge in [-0.25, -0.2) is 0 Å². The van der Waals surface area contributed by atoms with Gasteiger partial charge < -0.3 is 10.2 Å². The Morgan fingerprint density at radius 2 is 1.71 bits per heavy atom. The molecule has 0 saturated carbocycles. The largest absolute Gasteiger partial charge is 0.390 e. The third-order valence-corrected chi connectivity index (χ3v) is 5.62. The lowest BCUT2D eigenvalue weighted by Crippen LogP contribution is -2.70. The van der Waals surface area contributed by atoms with Gasteiger partial charge in [0.05, 0.1) is 17.7 Å². The Balaban J connectivity index is 1.78. The van der Waals surface area contributed by atoms with Gasteiger partial charge in [0.15, 0.2) is 0 Å². The highest BCUT2D eigenvalue weighted by molar-refractivity contribution is 6.16. The van der Waals surface area contributed by atoms with Crippen LogP contribution in [0.3, 0.4) is 0 Å². The number of halogens is 3. The van der Waals surface area contributed by atoms with Gasteiger partial charge in [0.25, 0.3) is 11.8 Å². The fourth-order valence-electron chi connectivity index (χ4n) is 4.23. The third kappa shape index (κ3) is 3.64. The zero-order valence-corrected chi connectivity index (χ0v) is 16.5. The number of carbonyl (C=O) groups is 3. The molecular weight excluding hydrogens is 411 g/mol. The van der Waals surface area contributed by atoms with Crippen LogP contribution >= 0.6 is 0 Å². The highest BCUT2D eigenvalue weighted by Gasteiger charge is 2.60. The Hall–Kier alpha value is -3.36. The molecular formula is C22H20F3N3O3. The number of fused-ring (bicyclic) bond motifs is 3. The molecule has 1 saturated heterocycles. The Morgan fingerprint density at radius 3 is 2.42 bits per heavy atom. The zero-order chi connectivity index (χ0) is 22.2. The first-order chi connectivity index (χ1) is 14.7. The van der Waals surface area contributed by atoms with Gasteiger partial charge in [-0.1, -0.05) is 42.5 Å². The maximum Gasteiger partial charge on any atom is 0.390 e. The zero-order valence-electron chi connectivity index (χ0n) is 16.5. The van der Waals surface area contributed by atoms with Crippen LogP contribution in [0.25, 0.3) is 0 Å². The topological polar surface area (TPSA) is 69.7 Å². The molecule has 1 atom stereocenters. The molecule has 2 aliphatic rings. The molecule has 0 spiro atoms. The van der Waals surface area contributed by atoms with Gasteiger partial charge in [-0.3, -0.25) is 19.3 Å². The predicted molar refractivity (Wildman–Crippen MR) is 106 cm³/mol. The van der Waals surface area contributed by atoms with E-state index in [0.29, 0.717) is 5.69 Å². The molecule has 2 aliphatic heterocycles. The fraction of sp³-hybridized carbons (Fsp3) is 0.318. The van der Waals surface area contributed by atoms with Gasteiger partial charge in [-0.05, 0) is 17.7 Å². The Bertz CT molecular complexity index is 1030. The molecule has 162 valence electrons. The van der Waals surface area contributed by atoms with Crippen LogP contribution < -0.4 is 10.2 Å². The maximum absolute atomic E-state index is 13.4. The molecule has 0 aliphatic carbocycles. The van der Waals surface area contributed by atoms with Crippen molar-refractivity contribution in [1.82, 2.24) is 10.2 Å². The SMILES string of the molecule is O=C1c2ccccc2N2C(=O)CCC2(C(=O)NCCC(F)(F)F)N1Cc1ccccc1. The van der Waals surface area contributed by atoms with Crippen molar-refractivity contribution in [2.75, 3.05) is 11.4 Å². The van der Waals surface area contributed by atoms with Crippen molar-refractivity contribution in [2.45, 2.75) is 37.6 Å². The van der Waals surface area contributed by atoms with Gasteiger partial charge >= 0.3 is 6.18 Å². The summed E-state index contributed by atoms with van der Waals surface area (Å²) in [5.74, 6) is -1.60. The van der Waals surface area contributed by atoms with Crippen LogP contribution in [0.4, 0.5) is 18.9 Å². The molecule has 2 aromatic rings. The number of hydrogen-bond donors (Lipinski definition) is 1. The van der Waals surface area contributed by atoms with Crippen molar-refractivity contribution < 1.29 is 27.6 Å². The molecule has 0 bridgehead atoms. The van der Waals surface area contributed by atoms with E-state index in [1.54, 1.807) is 48.5 Å². The Labute approximate surface area is 176 Å². The maximum atomic E-state index is 13.4. The summed E-state index contributed by atoms with van der Waals surface area (Å²) >= 11 is 0. The molecule has 1 N–H and O–H groups in total. The summed E-state index contributed by atoms with van der Waals surface area (Å²) in [6.07, 6.45) is -5.64. The predicted octanol–water partition coefficient (Wildman–Crippen LogP) is 3.23. The van der Waals surface area contributed by atoms with Crippen LogP contribution in [-0.4, -0.2) is 41.0 Å². The van der Waals surface area contributed by atoms with Gasteiger partial charge in [-0.15, -0.1) is 0 Å². The molecule has 3 amide bonds. The van der Waals surface area contributed by atoms with E-state index in [-0.39, 0.29) is 30.9 Å². The molecule has 6 nitrogen and oxygen atoms in total. The van der Waals surface area contributed by atoms with Crippen LogP contribution in [0.15, 0.2) is 54.6 Å². The number of nitrogens with zero attached hydrogens (tertiary/aromatic N) is 2. The van der Waals surface area contributed by atoms with E-state index in [0.717, 1.165) is 5.56 Å². The van der Waals surface area contributed by atoms with Crippen molar-refractivity contribution in [2.24, 2.45) is 0 Å². The number of alkyl halides is 3. The number of amides is 3. The first-order valence-corrected chi connectivity index (χ1v) is 9.87. The summed E-state index contributed by atoms with van der Waals surface area (Å²) in [6, 6.07) is 15.4. The molecule has 1 unspecified atom stereocenters. The van der Waals surface area contributed by atoms with Gasteiger partial charge in [0.1, 0.15) is 0 Å². The van der Waals surface area contributed by atoms with Crippen LogP contribution in [0, 0.1) is 0 Å². The lowest BCUT2D eigenvalue weighted by Gasteiger charge is -2.49. The standard InChI is InChI=1S/C22H20F3N3O3/c23-22(24,25)12-13-26-20(31)21-11-10-18(29)28(21)17-9-5-4-8-16(17)19(30)27(21)14-15-6-2-1-3-7-15/h1-9H,10-14H2,(H,26,31). The molecule has 4 rings (SSSR count). The highest BCUT2D eigenvalue weighted by Crippen LogP contribution is 2.45. The third-order valence-electron chi connectivity index (χ3n) is 5.62. The van der Waals surface area contributed by atoms with Crippen LogP contribution in [0.2, 0.25) is 0 Å². The van der Waals surface area contributed by atoms with Gasteiger partial charge in [0.2, 0.25) is 11.6 Å². The summed E-state index contributed by atoms with van der Waals surface area (Å²) in [6.45, 7) is -0.606. The molecule has 1 fully saturated rings. The average molecular weight is 431 g/mol. The number of carbonyl (C=O) groups excluding carboxylic acids is 3. The van der Waals surface area contributed by atoms with E-state index < -0.39 is 36.6 Å². The fourth-order valence-corrected chi connectivity index (χ4v) is 4.23. The minimum absolute atomic E-state index is 0.000402. The summed E-state index contributed by atoms with van der Waals surface area (Å²) in [4.78, 5) is 42.2. The lowest BCUT2D eigenvalue weighted by atomic mass is 9.94. The highest BCUT2D eigenvalue weighted by atomic mass is 19.4. The first-order valence-electron chi connectivity index (χ1n) is 9.87. The van der Waals surface area contributed by atoms with Crippen LogP contribution in [0.1, 0.15) is 35.2 Å². The quantitative estimate of drug-likeness (QED) is 0.790. The number of para-hydroxylation sites is 1. The van der Waals surface area contributed by atoms with E-state index >= 15 is 0 Å². The summed E-state index contributed by atoms with van der Waals surface area (Å²) in [5, 5.41) is 2.31. The van der Waals surface area contributed by atoms with Gasteiger partial charge in [-0.2, -0.15) is 13.2 Å². The Morgan fingerprint density at radius 1 is 1.03 bits per heavy atom. The summed E-state index contributed by atoms with van der Waals surface area (Å²) < 4.78 is 37.9. The van der Waals surface area contributed by atoms with E-state index in [1.807, 2.05) is 6.07 Å². The second-order valence-electron chi connectivity index (χ2n) is 7.56. The summed E-state index contributed by atoms with van der Waals surface area (Å²) in [5.41, 5.74) is -0.418. The molecule has 9 heteroatoms. The number of anilines is 1. The number of rotatable bonds is 5. The van der Waals surface area contributed by atoms with Crippen LogP contribution in [-0.2, 0) is 16.1 Å². The van der Waals surface area contributed by atoms with Crippen molar-refractivity contribution in [3.05, 3.63) is 65.7 Å². The van der Waals surface area contributed by atoms with E-state index in [9.17, 15) is 27.6 Å². The molecule has 0 radical (unpaired) electrons. The smallest absolute Gasteiger partial charge is 0.352 e. The van der Waals surface area contributed by atoms with Gasteiger partial charge in [0, 0.05) is 25.9 Å². The van der Waals surface area contributed by atoms with E-state index in [1.165, 1.54) is 9.80 Å². The van der Waals surface area contributed by atoms with Crippen molar-refractivity contribution >= 4 is 23.4 Å². The number of nitrogens with one attached hydrogen (secondary N) is 1. The molecule has 0 aromatic heterocycles. The van der Waals surface area contributed by atoms with E-state index in [4.69, 9.17) is 0 Å². The number of hydrogen-bond acceptors (Lipinski definition) is 3. The molecule has 31 heavy (non-hydrogen) atoms. The summed E-state index contributed by atoms with van der Waals surface area (Å²) in [7, 11) is 0. The van der Waals surface area contributed by atoms with Crippen molar-refractivity contribution in [3.63, 3.8) is 0 Å². The first kappa shape index (κ1) is 20.9. The monoisotopic (exact) mass is 431 g/mol. The van der Waals surface area contributed by atoms with E-state index in [2.05, 4.69) is 5.32 Å². The Kier molecular flexibility index (Phi) is 5.20. The normalized spacial score (nSPS) is 20.5. The number of benzene rings is 2. The minimum Gasteiger partial charge on any atom is -0.352 e. The lowest BCUT2D eigenvalue weighted by molar-refractivity contribution is -0.140. The van der Waals surface area contributed by atoms with Crippen molar-refractivity contribution in [1.29, 1.82) is 0 Å². The van der Waals surface area contributed by atoms with Crippen molar-refractivity contribution in [3.8, 4) is 0 Å². The van der Waals surface area contributed by atoms with Crippen LogP contribution in [0.5, 0.6) is 0 Å². The molecule has 2 heterocycles. The minimum atomic E-state index is -4.44. The second-order valence-corrected chi connectivity index (χ2v) is 7.56. The molecule has 2 aromatic carbocycles. The second kappa shape index (κ2) is 7.72.